The Morgan fingerprint density at radius 2 is 1.94 bits per heavy atom. The van der Waals surface area contributed by atoms with Gasteiger partial charge in [0.2, 0.25) is 0 Å². The molecule has 16 heavy (non-hydrogen) atoms. The highest BCUT2D eigenvalue weighted by atomic mass is 16.3. The van der Waals surface area contributed by atoms with Crippen LogP contribution in [-0.2, 0) is 0 Å². The van der Waals surface area contributed by atoms with Crippen molar-refractivity contribution in [1.82, 2.24) is 4.90 Å². The fourth-order valence-corrected chi connectivity index (χ4v) is 1.53. The number of benzene rings is 1. The van der Waals surface area contributed by atoms with Crippen molar-refractivity contribution in [2.45, 2.75) is 18.9 Å². The lowest BCUT2D eigenvalue weighted by molar-refractivity contribution is 0.0722. The van der Waals surface area contributed by atoms with E-state index in [2.05, 4.69) is 0 Å². The molecule has 0 aliphatic carbocycles. The molecule has 1 unspecified atom stereocenters. The van der Waals surface area contributed by atoms with Crippen molar-refractivity contribution in [3.8, 4) is 0 Å². The number of aliphatic hydroxyl groups excluding tert-OH is 1. The van der Waals surface area contributed by atoms with Crippen LogP contribution in [0.15, 0.2) is 30.3 Å². The number of aliphatic hydroxyl groups is 1. The van der Waals surface area contributed by atoms with Gasteiger partial charge in [0.1, 0.15) is 6.10 Å². The van der Waals surface area contributed by atoms with Crippen LogP contribution in [0.4, 0.5) is 0 Å². The molecular formula is C13H19NO2. The summed E-state index contributed by atoms with van der Waals surface area (Å²) < 4.78 is 0. The molecule has 3 heteroatoms. The quantitative estimate of drug-likeness (QED) is 0.741. The van der Waals surface area contributed by atoms with Gasteiger partial charge in [-0.1, -0.05) is 30.3 Å². The number of nitrogens with zero attached hydrogens (tertiary/aromatic N) is 1. The third-order valence-electron chi connectivity index (χ3n) is 2.44. The van der Waals surface area contributed by atoms with Crippen LogP contribution < -0.4 is 0 Å². The summed E-state index contributed by atoms with van der Waals surface area (Å²) in [6, 6.07) is 8.93. The van der Waals surface area contributed by atoms with Crippen LogP contribution in [0, 0.1) is 0 Å². The molecule has 1 rings (SSSR count). The first-order valence-electron chi connectivity index (χ1n) is 5.53. The van der Waals surface area contributed by atoms with Gasteiger partial charge in [-0.2, -0.15) is 0 Å². The second-order valence-electron chi connectivity index (χ2n) is 4.19. The van der Waals surface area contributed by atoms with E-state index in [1.807, 2.05) is 25.1 Å². The largest absolute Gasteiger partial charge is 0.385 e. The topological polar surface area (TPSA) is 40.5 Å². The lowest BCUT2D eigenvalue weighted by Gasteiger charge is -2.12. The first-order valence-corrected chi connectivity index (χ1v) is 5.53. The van der Waals surface area contributed by atoms with Crippen molar-refractivity contribution in [3.63, 3.8) is 0 Å². The fourth-order valence-electron chi connectivity index (χ4n) is 1.53. The first-order chi connectivity index (χ1) is 7.61. The Balaban J connectivity index is 2.43. The number of hydrogen-bond donors (Lipinski definition) is 1. The number of rotatable bonds is 6. The molecule has 0 aliphatic heterocycles. The molecule has 1 aromatic carbocycles. The van der Waals surface area contributed by atoms with Gasteiger partial charge in [-0.25, -0.2) is 0 Å². The number of carbonyl (C=O) groups is 1. The number of hydrogen-bond acceptors (Lipinski definition) is 3. The Morgan fingerprint density at radius 3 is 2.50 bits per heavy atom. The highest BCUT2D eigenvalue weighted by Gasteiger charge is 2.16. The van der Waals surface area contributed by atoms with E-state index in [0.29, 0.717) is 12.0 Å². The summed E-state index contributed by atoms with van der Waals surface area (Å²) in [5, 5.41) is 9.72. The van der Waals surface area contributed by atoms with Crippen molar-refractivity contribution >= 4 is 5.78 Å². The number of ketones is 1. The molecule has 0 aromatic heterocycles. The van der Waals surface area contributed by atoms with Crippen molar-refractivity contribution in [1.29, 1.82) is 0 Å². The molecule has 1 atom stereocenters. The molecule has 0 bridgehead atoms. The van der Waals surface area contributed by atoms with Crippen molar-refractivity contribution in [2.24, 2.45) is 0 Å². The lowest BCUT2D eigenvalue weighted by atomic mass is 10.0. The van der Waals surface area contributed by atoms with Gasteiger partial charge in [0.25, 0.3) is 0 Å². The highest BCUT2D eigenvalue weighted by molar-refractivity contribution is 5.99. The number of Topliss-reactive ketones (excluding diaryl/α,β-unsaturated/α-hetero) is 1. The molecule has 0 aliphatic rings. The molecule has 0 heterocycles. The zero-order valence-electron chi connectivity index (χ0n) is 9.89. The van der Waals surface area contributed by atoms with Gasteiger partial charge in [-0.3, -0.25) is 4.79 Å². The molecule has 1 N–H and O–H groups in total. The molecule has 0 radical (unpaired) electrons. The molecular weight excluding hydrogens is 202 g/mol. The van der Waals surface area contributed by atoms with Gasteiger partial charge in [0.15, 0.2) is 5.78 Å². The Labute approximate surface area is 96.7 Å². The van der Waals surface area contributed by atoms with Gasteiger partial charge in [-0.05, 0) is 33.5 Å². The fraction of sp³-hybridized carbons (Fsp3) is 0.462. The van der Waals surface area contributed by atoms with Crippen LogP contribution in [0.3, 0.4) is 0 Å². The van der Waals surface area contributed by atoms with Crippen molar-refractivity contribution in [3.05, 3.63) is 35.9 Å². The van der Waals surface area contributed by atoms with Crippen molar-refractivity contribution in [2.75, 3.05) is 20.6 Å². The van der Waals surface area contributed by atoms with E-state index in [1.165, 1.54) is 0 Å². The monoisotopic (exact) mass is 221 g/mol. The van der Waals surface area contributed by atoms with E-state index in [4.69, 9.17) is 0 Å². The maximum Gasteiger partial charge on any atom is 0.191 e. The highest BCUT2D eigenvalue weighted by Crippen LogP contribution is 2.07. The van der Waals surface area contributed by atoms with Crippen LogP contribution >= 0.6 is 0 Å². The smallest absolute Gasteiger partial charge is 0.191 e. The normalized spacial score (nSPS) is 12.8. The minimum absolute atomic E-state index is 0.181. The Kier molecular flexibility index (Phi) is 5.15. The third-order valence-corrected chi connectivity index (χ3v) is 2.44. The minimum atomic E-state index is -0.873. The Morgan fingerprint density at radius 1 is 1.31 bits per heavy atom. The van der Waals surface area contributed by atoms with E-state index in [1.54, 1.807) is 24.3 Å². The molecule has 0 amide bonds. The Hall–Kier alpha value is -1.19. The van der Waals surface area contributed by atoms with Gasteiger partial charge < -0.3 is 10.0 Å². The second-order valence-corrected chi connectivity index (χ2v) is 4.19. The van der Waals surface area contributed by atoms with Gasteiger partial charge in [-0.15, -0.1) is 0 Å². The molecule has 0 saturated carbocycles. The zero-order chi connectivity index (χ0) is 12.0. The predicted molar refractivity (Wildman–Crippen MR) is 64.6 cm³/mol. The summed E-state index contributed by atoms with van der Waals surface area (Å²) in [6.07, 6.45) is 0.473. The Bertz CT molecular complexity index is 322. The average molecular weight is 221 g/mol. The van der Waals surface area contributed by atoms with Crippen LogP contribution in [0.1, 0.15) is 23.2 Å². The molecule has 0 saturated heterocycles. The second kappa shape index (κ2) is 6.40. The number of carbonyl (C=O) groups excluding carboxylic acids is 1. The molecule has 0 fully saturated rings. The lowest BCUT2D eigenvalue weighted by Crippen LogP contribution is -2.22. The first kappa shape index (κ1) is 12.9. The summed E-state index contributed by atoms with van der Waals surface area (Å²) in [5.41, 5.74) is 0.583. The summed E-state index contributed by atoms with van der Waals surface area (Å²) in [6.45, 7) is 0.888. The van der Waals surface area contributed by atoms with Gasteiger partial charge in [0.05, 0.1) is 0 Å². The maximum absolute atomic E-state index is 11.8. The van der Waals surface area contributed by atoms with E-state index in [-0.39, 0.29) is 5.78 Å². The molecule has 88 valence electrons. The molecule has 1 aromatic rings. The van der Waals surface area contributed by atoms with E-state index in [0.717, 1.165) is 13.0 Å². The SMILES string of the molecule is CN(C)CCCC(O)C(=O)c1ccccc1. The maximum atomic E-state index is 11.8. The average Bonchev–Trinajstić information content (AvgIpc) is 2.28. The summed E-state index contributed by atoms with van der Waals surface area (Å²) in [5.74, 6) is -0.181. The van der Waals surface area contributed by atoms with E-state index in [9.17, 15) is 9.90 Å². The summed E-state index contributed by atoms with van der Waals surface area (Å²) >= 11 is 0. The zero-order valence-corrected chi connectivity index (χ0v) is 9.89. The van der Waals surface area contributed by atoms with Gasteiger partial charge >= 0.3 is 0 Å². The van der Waals surface area contributed by atoms with Gasteiger partial charge in [0, 0.05) is 5.56 Å². The molecule has 0 spiro atoms. The van der Waals surface area contributed by atoms with Crippen LogP contribution in [-0.4, -0.2) is 42.5 Å². The summed E-state index contributed by atoms with van der Waals surface area (Å²) in [7, 11) is 3.96. The van der Waals surface area contributed by atoms with Crippen LogP contribution in [0.2, 0.25) is 0 Å². The standard InChI is InChI=1S/C13H19NO2/c1-14(2)10-6-9-12(15)13(16)11-7-4-3-5-8-11/h3-5,7-8,12,15H,6,9-10H2,1-2H3. The van der Waals surface area contributed by atoms with Crippen LogP contribution in [0.5, 0.6) is 0 Å². The van der Waals surface area contributed by atoms with E-state index >= 15 is 0 Å². The molecule has 3 nitrogen and oxygen atoms in total. The minimum Gasteiger partial charge on any atom is -0.385 e. The van der Waals surface area contributed by atoms with E-state index < -0.39 is 6.10 Å². The third kappa shape index (κ3) is 4.13. The summed E-state index contributed by atoms with van der Waals surface area (Å²) in [4.78, 5) is 13.8. The van der Waals surface area contributed by atoms with Crippen molar-refractivity contribution < 1.29 is 9.90 Å². The van der Waals surface area contributed by atoms with Crippen LogP contribution in [0.25, 0.3) is 0 Å². The predicted octanol–water partition coefficient (Wildman–Crippen LogP) is 1.57.